The fourth-order valence-electron chi connectivity index (χ4n) is 3.03. The fraction of sp³-hybridized carbons (Fsp3) is 1.00. The Balaban J connectivity index is 3.53. The van der Waals surface area contributed by atoms with E-state index in [9.17, 15) is 0 Å². The van der Waals surface area contributed by atoms with Crippen molar-refractivity contribution in [2.45, 2.75) is 92.9 Å². The van der Waals surface area contributed by atoms with Crippen molar-refractivity contribution >= 4 is 0 Å². The molecule has 0 aliphatic rings. The van der Waals surface area contributed by atoms with Crippen molar-refractivity contribution in [3.8, 4) is 0 Å². The molecule has 0 aliphatic carbocycles. The van der Waals surface area contributed by atoms with Crippen LogP contribution in [0.15, 0.2) is 0 Å². The molecule has 2 unspecified atom stereocenters. The van der Waals surface area contributed by atoms with Crippen LogP contribution in [-0.2, 0) is 0 Å². The second kappa shape index (κ2) is 10.9. The van der Waals surface area contributed by atoms with E-state index in [1.54, 1.807) is 0 Å². The Morgan fingerprint density at radius 1 is 0.667 bits per heavy atom. The van der Waals surface area contributed by atoms with E-state index in [1.807, 2.05) is 0 Å². The molecule has 0 fully saturated rings. The number of hydrogen-bond donors (Lipinski definition) is 0. The smallest absolute Gasteiger partial charge is 0.0415 e. The van der Waals surface area contributed by atoms with Crippen LogP contribution in [0.5, 0.6) is 0 Å². The van der Waals surface area contributed by atoms with Gasteiger partial charge >= 0.3 is 0 Å². The normalized spacial score (nSPS) is 15.3. The predicted octanol–water partition coefficient (Wildman–Crippen LogP) is 6.69. The van der Waals surface area contributed by atoms with Crippen molar-refractivity contribution in [1.82, 2.24) is 0 Å². The zero-order chi connectivity index (χ0) is 14.0. The van der Waals surface area contributed by atoms with Gasteiger partial charge in [-0.25, -0.2) is 0 Å². The highest BCUT2D eigenvalue weighted by molar-refractivity contribution is 4.64. The highest BCUT2D eigenvalue weighted by atomic mass is 14.2. The van der Waals surface area contributed by atoms with Crippen molar-refractivity contribution < 1.29 is 0 Å². The van der Waals surface area contributed by atoms with Crippen molar-refractivity contribution in [1.29, 1.82) is 0 Å². The molecular formula is C18H38. The Hall–Kier alpha value is 0. The molecule has 0 aromatic heterocycles. The Kier molecular flexibility index (Phi) is 10.9. The second-order valence-corrected chi connectivity index (χ2v) is 6.90. The molecule has 2 atom stereocenters. The molecule has 0 amide bonds. The molecule has 0 heteroatoms. The van der Waals surface area contributed by atoms with Crippen molar-refractivity contribution in [2.24, 2.45) is 23.7 Å². The van der Waals surface area contributed by atoms with E-state index >= 15 is 0 Å². The van der Waals surface area contributed by atoms with E-state index in [0.717, 1.165) is 23.7 Å². The summed E-state index contributed by atoms with van der Waals surface area (Å²) in [5.74, 6) is 3.67. The Bertz CT molecular complexity index is 167. The highest BCUT2D eigenvalue weighted by Gasteiger charge is 2.13. The van der Waals surface area contributed by atoms with E-state index in [4.69, 9.17) is 0 Å². The minimum absolute atomic E-state index is 0.859. The second-order valence-electron chi connectivity index (χ2n) is 6.90. The minimum Gasteiger partial charge on any atom is -0.0651 e. The molecule has 0 saturated carbocycles. The van der Waals surface area contributed by atoms with E-state index in [-0.39, 0.29) is 0 Å². The van der Waals surface area contributed by atoms with Gasteiger partial charge < -0.3 is 0 Å². The van der Waals surface area contributed by atoms with Crippen LogP contribution in [0.1, 0.15) is 92.9 Å². The third kappa shape index (κ3) is 9.00. The van der Waals surface area contributed by atoms with Gasteiger partial charge in [-0.1, -0.05) is 86.5 Å². The molecular weight excluding hydrogens is 216 g/mol. The van der Waals surface area contributed by atoms with Gasteiger partial charge in [-0.05, 0) is 30.1 Å². The first-order chi connectivity index (χ1) is 8.51. The molecule has 0 nitrogen and oxygen atoms in total. The summed E-state index contributed by atoms with van der Waals surface area (Å²) in [6.45, 7) is 14.3. The fourth-order valence-corrected chi connectivity index (χ4v) is 3.03. The average molecular weight is 255 g/mol. The predicted molar refractivity (Wildman–Crippen MR) is 84.9 cm³/mol. The van der Waals surface area contributed by atoms with Crippen LogP contribution in [0.3, 0.4) is 0 Å². The van der Waals surface area contributed by atoms with Gasteiger partial charge in [-0.15, -0.1) is 0 Å². The van der Waals surface area contributed by atoms with Gasteiger partial charge in [0.05, 0.1) is 0 Å². The summed E-state index contributed by atoms with van der Waals surface area (Å²) in [6.07, 6.45) is 11.4. The third-order valence-electron chi connectivity index (χ3n) is 4.74. The van der Waals surface area contributed by atoms with Crippen LogP contribution in [0.2, 0.25) is 0 Å². The van der Waals surface area contributed by atoms with Crippen LogP contribution >= 0.6 is 0 Å². The highest BCUT2D eigenvalue weighted by Crippen LogP contribution is 2.25. The van der Waals surface area contributed by atoms with Crippen LogP contribution < -0.4 is 0 Å². The van der Waals surface area contributed by atoms with E-state index in [0.29, 0.717) is 0 Å². The van der Waals surface area contributed by atoms with Crippen LogP contribution in [-0.4, -0.2) is 0 Å². The summed E-state index contributed by atoms with van der Waals surface area (Å²) in [4.78, 5) is 0. The van der Waals surface area contributed by atoms with Crippen LogP contribution in [0, 0.1) is 23.7 Å². The molecule has 0 spiro atoms. The zero-order valence-corrected chi connectivity index (χ0v) is 14.0. The number of hydrogen-bond acceptors (Lipinski definition) is 0. The van der Waals surface area contributed by atoms with Crippen LogP contribution in [0.25, 0.3) is 0 Å². The minimum atomic E-state index is 0.859. The molecule has 0 aromatic rings. The monoisotopic (exact) mass is 254 g/mol. The maximum absolute atomic E-state index is 2.45. The van der Waals surface area contributed by atoms with Gasteiger partial charge in [-0.3, -0.25) is 0 Å². The Morgan fingerprint density at radius 2 is 1.22 bits per heavy atom. The van der Waals surface area contributed by atoms with E-state index in [1.165, 1.54) is 51.4 Å². The first-order valence-corrected chi connectivity index (χ1v) is 8.51. The van der Waals surface area contributed by atoms with Gasteiger partial charge in [0.2, 0.25) is 0 Å². The van der Waals surface area contributed by atoms with Gasteiger partial charge in [-0.2, -0.15) is 0 Å². The summed E-state index contributed by atoms with van der Waals surface area (Å²) in [7, 11) is 0. The third-order valence-corrected chi connectivity index (χ3v) is 4.74. The zero-order valence-electron chi connectivity index (χ0n) is 14.0. The molecule has 110 valence electrons. The summed E-state index contributed by atoms with van der Waals surface area (Å²) >= 11 is 0. The molecule has 0 saturated heterocycles. The van der Waals surface area contributed by atoms with E-state index < -0.39 is 0 Å². The molecule has 0 aromatic carbocycles. The molecule has 0 radical (unpaired) electrons. The van der Waals surface area contributed by atoms with Crippen molar-refractivity contribution in [3.05, 3.63) is 0 Å². The molecule has 0 aliphatic heterocycles. The van der Waals surface area contributed by atoms with Gasteiger partial charge in [0.25, 0.3) is 0 Å². The lowest BCUT2D eigenvalue weighted by Crippen LogP contribution is -2.10. The standard InChI is InChI=1S/C18H38/c1-7-18(8-2)13-11-9-10-12-16(5)17(6)14-15(3)4/h15-18H,7-14H2,1-6H3. The lowest BCUT2D eigenvalue weighted by molar-refractivity contribution is 0.299. The summed E-state index contributed by atoms with van der Waals surface area (Å²) in [5, 5.41) is 0. The Labute approximate surface area is 117 Å². The van der Waals surface area contributed by atoms with Crippen molar-refractivity contribution in [3.63, 3.8) is 0 Å². The molecule has 0 bridgehead atoms. The van der Waals surface area contributed by atoms with Gasteiger partial charge in [0.1, 0.15) is 0 Å². The SMILES string of the molecule is CCC(CC)CCCCCC(C)C(C)CC(C)C. The number of unbranched alkanes of at least 4 members (excludes halogenated alkanes) is 2. The maximum Gasteiger partial charge on any atom is -0.0415 e. The maximum atomic E-state index is 2.45. The average Bonchev–Trinajstić information content (AvgIpc) is 2.32. The topological polar surface area (TPSA) is 0 Å². The number of rotatable bonds is 11. The molecule has 18 heavy (non-hydrogen) atoms. The molecule has 0 N–H and O–H groups in total. The molecule has 0 rings (SSSR count). The lowest BCUT2D eigenvalue weighted by atomic mass is 9.85. The largest absolute Gasteiger partial charge is 0.0651 e. The van der Waals surface area contributed by atoms with Gasteiger partial charge in [0, 0.05) is 0 Å². The van der Waals surface area contributed by atoms with E-state index in [2.05, 4.69) is 41.5 Å². The summed E-state index contributed by atoms with van der Waals surface area (Å²) in [5.41, 5.74) is 0. The van der Waals surface area contributed by atoms with Crippen LogP contribution in [0.4, 0.5) is 0 Å². The first kappa shape index (κ1) is 18.0. The Morgan fingerprint density at radius 3 is 1.72 bits per heavy atom. The van der Waals surface area contributed by atoms with Crippen molar-refractivity contribution in [2.75, 3.05) is 0 Å². The van der Waals surface area contributed by atoms with Gasteiger partial charge in [0.15, 0.2) is 0 Å². The summed E-state index contributed by atoms with van der Waals surface area (Å²) in [6, 6.07) is 0. The summed E-state index contributed by atoms with van der Waals surface area (Å²) < 4.78 is 0. The first-order valence-electron chi connectivity index (χ1n) is 8.51. The lowest BCUT2D eigenvalue weighted by Gasteiger charge is -2.21. The quantitative estimate of drug-likeness (QED) is 0.360. The molecule has 0 heterocycles.